The van der Waals surface area contributed by atoms with Crippen molar-refractivity contribution in [2.24, 2.45) is 29.6 Å². The summed E-state index contributed by atoms with van der Waals surface area (Å²) in [4.78, 5) is 26.3. The van der Waals surface area contributed by atoms with E-state index in [-0.39, 0.29) is 48.9 Å². The molecule has 38 heavy (non-hydrogen) atoms. The predicted molar refractivity (Wildman–Crippen MR) is 128 cm³/mol. The molecule has 1 aliphatic carbocycles. The Bertz CT molecular complexity index is 931. The lowest BCUT2D eigenvalue weighted by molar-refractivity contribution is -0.327. The van der Waals surface area contributed by atoms with Gasteiger partial charge in [0, 0.05) is 24.0 Å². The average Bonchev–Trinajstić information content (AvgIpc) is 3.20. The van der Waals surface area contributed by atoms with Gasteiger partial charge in [0.1, 0.15) is 30.5 Å². The molecule has 0 radical (unpaired) electrons. The van der Waals surface area contributed by atoms with E-state index in [0.717, 1.165) is 6.26 Å². The highest BCUT2D eigenvalue weighted by Gasteiger charge is 2.49. The molecule has 12 heteroatoms. The maximum Gasteiger partial charge on any atom is 0.338 e. The van der Waals surface area contributed by atoms with E-state index in [1.807, 2.05) is 13.8 Å². The van der Waals surface area contributed by atoms with Crippen molar-refractivity contribution in [2.45, 2.75) is 76.7 Å². The van der Waals surface area contributed by atoms with Crippen LogP contribution in [-0.4, -0.2) is 100 Å². The highest BCUT2D eigenvalue weighted by molar-refractivity contribution is 5.91. The molecule has 0 aromatic heterocycles. The molecular weight excluding hydrogens is 504 g/mol. The zero-order valence-corrected chi connectivity index (χ0v) is 21.7. The van der Waals surface area contributed by atoms with Crippen LogP contribution in [0.15, 0.2) is 23.5 Å². The van der Waals surface area contributed by atoms with Gasteiger partial charge in [0.25, 0.3) is 0 Å². The molecule has 1 saturated carbocycles. The topological polar surface area (TPSA) is 181 Å². The Morgan fingerprint density at radius 2 is 1.89 bits per heavy atom. The highest BCUT2D eigenvalue weighted by Crippen LogP contribution is 2.45. The molecule has 3 fully saturated rings. The molecule has 3 aliphatic heterocycles. The van der Waals surface area contributed by atoms with E-state index in [0.29, 0.717) is 12.0 Å². The zero-order chi connectivity index (χ0) is 27.7. The number of aliphatic hydroxyl groups is 5. The SMILES string of the molecule is CC=C1C(O[C@@H]2O[C@H](CO)[C@@H](O)[C@H](O)[C@H]2O)OC=C2C(=O)OC3CC(C(C)CO)C(COC(=O)CC21)C3C. The zero-order valence-electron chi connectivity index (χ0n) is 21.7. The van der Waals surface area contributed by atoms with Crippen LogP contribution in [0.1, 0.15) is 33.6 Å². The molecule has 214 valence electrons. The van der Waals surface area contributed by atoms with E-state index in [4.69, 9.17) is 23.7 Å². The van der Waals surface area contributed by atoms with Crippen molar-refractivity contribution in [2.75, 3.05) is 19.8 Å². The summed E-state index contributed by atoms with van der Waals surface area (Å²) in [5, 5.41) is 49.7. The van der Waals surface area contributed by atoms with Crippen LogP contribution >= 0.6 is 0 Å². The molecule has 0 spiro atoms. The van der Waals surface area contributed by atoms with Crippen LogP contribution in [0.3, 0.4) is 0 Å². The van der Waals surface area contributed by atoms with Gasteiger partial charge in [-0.15, -0.1) is 0 Å². The van der Waals surface area contributed by atoms with Crippen molar-refractivity contribution in [1.29, 1.82) is 0 Å². The number of fused-ring (bicyclic) bond motifs is 3. The Labute approximate surface area is 220 Å². The second kappa shape index (κ2) is 12.0. The van der Waals surface area contributed by atoms with E-state index in [9.17, 15) is 35.1 Å². The normalized spacial score (nSPS) is 43.7. The summed E-state index contributed by atoms with van der Waals surface area (Å²) in [6, 6.07) is 0. The Morgan fingerprint density at radius 3 is 2.55 bits per heavy atom. The van der Waals surface area contributed by atoms with Crippen molar-refractivity contribution in [3.63, 3.8) is 0 Å². The van der Waals surface area contributed by atoms with Crippen LogP contribution in [-0.2, 0) is 33.3 Å². The number of hydrogen-bond acceptors (Lipinski definition) is 12. The molecule has 3 heterocycles. The number of hydrogen-bond donors (Lipinski definition) is 5. The fourth-order valence-corrected chi connectivity index (χ4v) is 5.97. The molecule has 12 nitrogen and oxygen atoms in total. The van der Waals surface area contributed by atoms with Gasteiger partial charge in [0.15, 0.2) is 6.29 Å². The second-order valence-corrected chi connectivity index (χ2v) is 10.6. The fraction of sp³-hybridized carbons (Fsp3) is 0.769. The first-order chi connectivity index (χ1) is 18.1. The molecule has 5 N–H and O–H groups in total. The van der Waals surface area contributed by atoms with Crippen molar-refractivity contribution >= 4 is 11.9 Å². The molecule has 12 atom stereocenters. The first kappa shape index (κ1) is 28.9. The number of rotatable bonds is 5. The maximum absolute atomic E-state index is 13.3. The first-order valence-corrected chi connectivity index (χ1v) is 13.1. The summed E-state index contributed by atoms with van der Waals surface area (Å²) >= 11 is 0. The summed E-state index contributed by atoms with van der Waals surface area (Å²) in [7, 11) is 0. The number of ether oxygens (including phenoxy) is 5. The van der Waals surface area contributed by atoms with Gasteiger partial charge in [-0.05, 0) is 31.1 Å². The fourth-order valence-electron chi connectivity index (χ4n) is 5.97. The lowest BCUT2D eigenvalue weighted by Crippen LogP contribution is -2.60. The molecule has 2 saturated heterocycles. The molecule has 0 amide bonds. The minimum absolute atomic E-state index is 0.0230. The summed E-state index contributed by atoms with van der Waals surface area (Å²) in [6.07, 6.45) is -6.07. The van der Waals surface area contributed by atoms with Crippen LogP contribution in [0, 0.1) is 29.6 Å². The largest absolute Gasteiger partial charge is 0.468 e. The van der Waals surface area contributed by atoms with E-state index >= 15 is 0 Å². The average molecular weight is 543 g/mol. The van der Waals surface area contributed by atoms with Gasteiger partial charge in [0.2, 0.25) is 6.29 Å². The Hall–Kier alpha value is -2.06. The van der Waals surface area contributed by atoms with Crippen molar-refractivity contribution < 1.29 is 58.8 Å². The van der Waals surface area contributed by atoms with E-state index in [1.54, 1.807) is 13.0 Å². The monoisotopic (exact) mass is 542 g/mol. The number of aliphatic hydroxyl groups excluding tert-OH is 5. The Kier molecular flexibility index (Phi) is 9.13. The standard InChI is InChI=1S/C26H38O12/c1-4-13-15-6-20(29)34-9-16-12(3)18(5-14(16)11(2)7-27)36-24(33)17(15)10-35-25(13)38-26-23(32)22(31)21(30)19(8-28)37-26/h4,10-12,14-16,18-19,21-23,25-28,30-32H,5-9H2,1-3H3/t11?,12?,14?,15?,16?,18?,19-,21-,22+,23-,25?,26+/m1/s1. The third-order valence-corrected chi connectivity index (χ3v) is 8.44. The van der Waals surface area contributed by atoms with Crippen molar-refractivity contribution in [3.8, 4) is 0 Å². The van der Waals surface area contributed by atoms with E-state index in [2.05, 4.69) is 0 Å². The third-order valence-electron chi connectivity index (χ3n) is 8.44. The smallest absolute Gasteiger partial charge is 0.338 e. The van der Waals surface area contributed by atoms with Crippen LogP contribution in [0.5, 0.6) is 0 Å². The van der Waals surface area contributed by atoms with Gasteiger partial charge in [-0.25, -0.2) is 4.79 Å². The number of allylic oxidation sites excluding steroid dienone is 1. The highest BCUT2D eigenvalue weighted by atomic mass is 16.8. The third kappa shape index (κ3) is 5.48. The Balaban J connectivity index is 1.57. The minimum atomic E-state index is -1.66. The summed E-state index contributed by atoms with van der Waals surface area (Å²) in [5.41, 5.74) is 0.477. The number of esters is 2. The van der Waals surface area contributed by atoms with E-state index in [1.165, 1.54) is 0 Å². The quantitative estimate of drug-likeness (QED) is 0.219. The predicted octanol–water partition coefficient (Wildman–Crippen LogP) is -0.635. The molecule has 2 bridgehead atoms. The lowest BCUT2D eigenvalue weighted by Gasteiger charge is -2.42. The van der Waals surface area contributed by atoms with Gasteiger partial charge in [0.05, 0.1) is 31.5 Å². The summed E-state index contributed by atoms with van der Waals surface area (Å²) < 4.78 is 28.4. The van der Waals surface area contributed by atoms with Crippen LogP contribution in [0.2, 0.25) is 0 Å². The van der Waals surface area contributed by atoms with Crippen LogP contribution in [0.4, 0.5) is 0 Å². The van der Waals surface area contributed by atoms with Gasteiger partial charge in [-0.1, -0.05) is 19.9 Å². The second-order valence-electron chi connectivity index (χ2n) is 10.6. The molecule has 0 aromatic carbocycles. The summed E-state index contributed by atoms with van der Waals surface area (Å²) in [5.74, 6) is -2.17. The summed E-state index contributed by atoms with van der Waals surface area (Å²) in [6.45, 7) is 5.02. The van der Waals surface area contributed by atoms with E-state index < -0.39 is 67.6 Å². The molecule has 7 unspecified atom stereocenters. The maximum atomic E-state index is 13.3. The van der Waals surface area contributed by atoms with Gasteiger partial charge < -0.3 is 49.2 Å². The Morgan fingerprint density at radius 1 is 1.16 bits per heavy atom. The van der Waals surface area contributed by atoms with Crippen molar-refractivity contribution in [3.05, 3.63) is 23.5 Å². The number of cyclic esters (lactones) is 1. The lowest BCUT2D eigenvalue weighted by atomic mass is 9.83. The number of carbonyl (C=O) groups is 2. The van der Waals surface area contributed by atoms with Gasteiger partial charge in [-0.2, -0.15) is 0 Å². The van der Waals surface area contributed by atoms with Gasteiger partial charge in [-0.3, -0.25) is 4.79 Å². The molecule has 4 aliphatic rings. The molecular formula is C26H38O12. The van der Waals surface area contributed by atoms with Gasteiger partial charge >= 0.3 is 11.9 Å². The van der Waals surface area contributed by atoms with Crippen LogP contribution in [0.25, 0.3) is 0 Å². The first-order valence-electron chi connectivity index (χ1n) is 13.1. The minimum Gasteiger partial charge on any atom is -0.468 e. The molecule has 4 rings (SSSR count). The molecule has 0 aromatic rings. The number of carbonyl (C=O) groups excluding carboxylic acids is 2. The van der Waals surface area contributed by atoms with Crippen molar-refractivity contribution in [1.82, 2.24) is 0 Å². The van der Waals surface area contributed by atoms with Crippen LogP contribution < -0.4 is 0 Å².